The molecule has 1 aliphatic rings. The van der Waals surface area contributed by atoms with Gasteiger partial charge in [-0.3, -0.25) is 4.98 Å². The Morgan fingerprint density at radius 3 is 1.90 bits per heavy atom. The molecule has 7 heteroatoms. The number of nitrogens with one attached hydrogen (secondary N) is 1. The van der Waals surface area contributed by atoms with Gasteiger partial charge in [-0.15, -0.1) is 0 Å². The van der Waals surface area contributed by atoms with E-state index in [2.05, 4.69) is 89.2 Å². The standard InChI is InChI=1S/C41H27N7/c1-2-6-26(7-3-1)27-10-16-32(17-11-27)39-46-40(34-20-18-30-13-12-28-8-4-23-42-25-22-33(28)36(30)44-34)48-41(47-39)35-21-19-31-15-14-29-9-5-24-43-37(29)38(31)45-35/h1-24,42H,25H2/b23-4-,28-8-,33-22+. The lowest BCUT2D eigenvalue weighted by Gasteiger charge is -2.10. The first-order chi connectivity index (χ1) is 23.8. The molecule has 0 radical (unpaired) electrons. The fourth-order valence-corrected chi connectivity index (χ4v) is 6.18. The van der Waals surface area contributed by atoms with E-state index in [0.29, 0.717) is 35.4 Å². The van der Waals surface area contributed by atoms with Crippen LogP contribution in [0, 0.1) is 0 Å². The van der Waals surface area contributed by atoms with Crippen LogP contribution in [0.15, 0.2) is 134 Å². The summed E-state index contributed by atoms with van der Waals surface area (Å²) in [5, 5.41) is 8.56. The van der Waals surface area contributed by atoms with Crippen LogP contribution in [0.2, 0.25) is 0 Å². The predicted octanol–water partition coefficient (Wildman–Crippen LogP) is 6.86. The van der Waals surface area contributed by atoms with Gasteiger partial charge in [0.05, 0.1) is 16.6 Å². The largest absolute Gasteiger partial charge is 0.387 e. The zero-order valence-corrected chi connectivity index (χ0v) is 25.7. The minimum absolute atomic E-state index is 0.469. The normalized spacial score (nSPS) is 14.6. The number of hydrogen-bond acceptors (Lipinski definition) is 7. The average Bonchev–Trinajstić information content (AvgIpc) is 3.14. The highest BCUT2D eigenvalue weighted by molar-refractivity contribution is 6.03. The SMILES string of the molecule is C1=C/NC\C=c2/c(ccc3ccc(-c4nc(-c5ccc(-c6ccccc6)cc5)nc(-c5ccc6ccc7cccnc7c6n5)n4)nc23)=C\1. The van der Waals surface area contributed by atoms with Crippen molar-refractivity contribution in [1.29, 1.82) is 0 Å². The second kappa shape index (κ2) is 11.6. The van der Waals surface area contributed by atoms with Crippen LogP contribution in [0.1, 0.15) is 0 Å². The molecule has 226 valence electrons. The predicted molar refractivity (Wildman–Crippen MR) is 193 cm³/mol. The summed E-state index contributed by atoms with van der Waals surface area (Å²) in [4.78, 5) is 29.8. The number of pyridine rings is 3. The molecule has 0 amide bonds. The van der Waals surface area contributed by atoms with Crippen molar-refractivity contribution in [2.45, 2.75) is 0 Å². The molecule has 7 nitrogen and oxygen atoms in total. The molecule has 5 heterocycles. The number of aromatic nitrogens is 6. The fraction of sp³-hybridized carbons (Fsp3) is 0.0244. The van der Waals surface area contributed by atoms with Crippen molar-refractivity contribution in [3.05, 3.63) is 144 Å². The molecule has 0 fully saturated rings. The summed E-state index contributed by atoms with van der Waals surface area (Å²) in [6, 6.07) is 39.0. The Morgan fingerprint density at radius 1 is 0.479 bits per heavy atom. The van der Waals surface area contributed by atoms with Crippen molar-refractivity contribution in [3.63, 3.8) is 0 Å². The van der Waals surface area contributed by atoms with Gasteiger partial charge in [-0.1, -0.05) is 109 Å². The minimum Gasteiger partial charge on any atom is -0.387 e. The molecule has 48 heavy (non-hydrogen) atoms. The molecule has 9 rings (SSSR count). The topological polar surface area (TPSA) is 89.4 Å². The summed E-state index contributed by atoms with van der Waals surface area (Å²) in [5.41, 5.74) is 6.99. The van der Waals surface area contributed by atoms with E-state index in [0.717, 1.165) is 59.8 Å². The summed E-state index contributed by atoms with van der Waals surface area (Å²) >= 11 is 0. The van der Waals surface area contributed by atoms with Gasteiger partial charge in [-0.2, -0.15) is 0 Å². The van der Waals surface area contributed by atoms with E-state index in [9.17, 15) is 0 Å². The molecule has 0 unspecified atom stereocenters. The van der Waals surface area contributed by atoms with E-state index in [-0.39, 0.29) is 0 Å². The third-order valence-electron chi connectivity index (χ3n) is 8.62. The van der Waals surface area contributed by atoms with Crippen LogP contribution >= 0.6 is 0 Å². The number of allylic oxidation sites excluding steroid dienone is 1. The maximum Gasteiger partial charge on any atom is 0.182 e. The molecule has 0 aliphatic carbocycles. The van der Waals surface area contributed by atoms with Crippen molar-refractivity contribution in [2.24, 2.45) is 0 Å². The minimum atomic E-state index is 0.469. The van der Waals surface area contributed by atoms with Crippen molar-refractivity contribution in [2.75, 3.05) is 6.54 Å². The zero-order valence-electron chi connectivity index (χ0n) is 25.7. The molecule has 0 saturated carbocycles. The molecule has 1 aliphatic heterocycles. The Morgan fingerprint density at radius 2 is 1.10 bits per heavy atom. The Balaban J connectivity index is 1.24. The van der Waals surface area contributed by atoms with Gasteiger partial charge in [-0.05, 0) is 46.8 Å². The molecule has 4 aromatic heterocycles. The van der Waals surface area contributed by atoms with Gasteiger partial charge in [-0.25, -0.2) is 24.9 Å². The van der Waals surface area contributed by atoms with Crippen molar-refractivity contribution < 1.29 is 0 Å². The molecule has 0 spiro atoms. The Kier molecular flexibility index (Phi) is 6.72. The molecule has 0 atom stereocenters. The van der Waals surface area contributed by atoms with Gasteiger partial charge in [0.2, 0.25) is 0 Å². The first-order valence-electron chi connectivity index (χ1n) is 15.8. The third kappa shape index (κ3) is 5.04. The van der Waals surface area contributed by atoms with Crippen LogP contribution in [0.4, 0.5) is 0 Å². The van der Waals surface area contributed by atoms with Gasteiger partial charge < -0.3 is 5.32 Å². The van der Waals surface area contributed by atoms with Crippen LogP contribution in [0.25, 0.3) is 90.4 Å². The number of benzene rings is 4. The summed E-state index contributed by atoms with van der Waals surface area (Å²) < 4.78 is 0. The second-order valence-electron chi connectivity index (χ2n) is 11.6. The Labute approximate surface area is 275 Å². The maximum absolute atomic E-state index is 5.16. The number of fused-ring (bicyclic) bond motifs is 6. The maximum atomic E-state index is 5.16. The van der Waals surface area contributed by atoms with Crippen LogP contribution in [-0.4, -0.2) is 36.4 Å². The van der Waals surface area contributed by atoms with E-state index >= 15 is 0 Å². The number of hydrogen-bond donors (Lipinski definition) is 1. The monoisotopic (exact) mass is 617 g/mol. The number of rotatable bonds is 4. The highest BCUT2D eigenvalue weighted by Crippen LogP contribution is 2.29. The van der Waals surface area contributed by atoms with Crippen molar-refractivity contribution in [3.8, 4) is 45.6 Å². The Bertz CT molecular complexity index is 2670. The van der Waals surface area contributed by atoms with Gasteiger partial charge in [0.1, 0.15) is 11.4 Å². The second-order valence-corrected chi connectivity index (χ2v) is 11.6. The van der Waals surface area contributed by atoms with Gasteiger partial charge in [0, 0.05) is 39.7 Å². The Hall–Kier alpha value is -6.60. The molecule has 8 aromatic rings. The molecular weight excluding hydrogens is 591 g/mol. The van der Waals surface area contributed by atoms with E-state index < -0.39 is 0 Å². The summed E-state index contributed by atoms with van der Waals surface area (Å²) in [5.74, 6) is 1.50. The van der Waals surface area contributed by atoms with Crippen LogP contribution < -0.4 is 15.8 Å². The first-order valence-corrected chi connectivity index (χ1v) is 15.8. The van der Waals surface area contributed by atoms with Gasteiger partial charge in [0.15, 0.2) is 17.5 Å². The number of nitrogens with zero attached hydrogens (tertiary/aromatic N) is 6. The average molecular weight is 618 g/mol. The van der Waals surface area contributed by atoms with E-state index in [1.165, 1.54) is 0 Å². The lowest BCUT2D eigenvalue weighted by molar-refractivity contribution is 1.01. The van der Waals surface area contributed by atoms with Gasteiger partial charge in [0.25, 0.3) is 0 Å². The molecule has 0 saturated heterocycles. The molecular formula is C41H27N7. The van der Waals surface area contributed by atoms with Crippen LogP contribution in [-0.2, 0) is 0 Å². The quantitative estimate of drug-likeness (QED) is 0.216. The van der Waals surface area contributed by atoms with Gasteiger partial charge >= 0.3 is 0 Å². The van der Waals surface area contributed by atoms with Crippen molar-refractivity contribution >= 4 is 44.9 Å². The molecule has 0 bridgehead atoms. The van der Waals surface area contributed by atoms with E-state index in [1.54, 1.807) is 6.20 Å². The van der Waals surface area contributed by atoms with Crippen LogP contribution in [0.3, 0.4) is 0 Å². The first kappa shape index (κ1) is 27.7. The zero-order chi connectivity index (χ0) is 31.9. The summed E-state index contributed by atoms with van der Waals surface area (Å²) in [6.45, 7) is 0.707. The van der Waals surface area contributed by atoms with Crippen LogP contribution in [0.5, 0.6) is 0 Å². The van der Waals surface area contributed by atoms with Crippen molar-refractivity contribution in [1.82, 2.24) is 35.2 Å². The summed E-state index contributed by atoms with van der Waals surface area (Å²) in [6.07, 6.45) is 10.0. The highest BCUT2D eigenvalue weighted by Gasteiger charge is 2.16. The third-order valence-corrected chi connectivity index (χ3v) is 8.62. The smallest absolute Gasteiger partial charge is 0.182 e. The molecule has 4 aromatic carbocycles. The lowest BCUT2D eigenvalue weighted by Crippen LogP contribution is -2.28. The van der Waals surface area contributed by atoms with E-state index in [4.69, 9.17) is 24.9 Å². The molecule has 1 N–H and O–H groups in total. The highest BCUT2D eigenvalue weighted by atomic mass is 15.1. The fourth-order valence-electron chi connectivity index (χ4n) is 6.18. The summed E-state index contributed by atoms with van der Waals surface area (Å²) in [7, 11) is 0. The van der Waals surface area contributed by atoms with E-state index in [1.807, 2.05) is 60.8 Å². The lowest BCUT2D eigenvalue weighted by atomic mass is 10.0.